The van der Waals surface area contributed by atoms with Gasteiger partial charge >= 0.3 is 12.0 Å². The highest BCUT2D eigenvalue weighted by Gasteiger charge is 2.24. The summed E-state index contributed by atoms with van der Waals surface area (Å²) in [6.45, 7) is 4.89. The van der Waals surface area contributed by atoms with E-state index in [-0.39, 0.29) is 19.0 Å². The first-order valence-corrected chi connectivity index (χ1v) is 9.44. The van der Waals surface area contributed by atoms with E-state index in [9.17, 15) is 18.4 Å². The lowest BCUT2D eigenvalue weighted by molar-refractivity contribution is 0.00642. The molecule has 0 saturated carbocycles. The number of ether oxygens (including phenoxy) is 2. The summed E-state index contributed by atoms with van der Waals surface area (Å²) in [5.74, 6) is -3.26. The zero-order valence-electron chi connectivity index (χ0n) is 17.8. The first-order chi connectivity index (χ1) is 14.5. The molecule has 0 saturated heterocycles. The summed E-state index contributed by atoms with van der Waals surface area (Å²) < 4.78 is 39.1. The van der Waals surface area contributed by atoms with Crippen LogP contribution in [0.15, 0.2) is 42.5 Å². The number of nitrogens with one attached hydrogen (secondary N) is 2. The second-order valence-corrected chi connectivity index (χ2v) is 7.73. The predicted octanol–water partition coefficient (Wildman–Crippen LogP) is 4.58. The summed E-state index contributed by atoms with van der Waals surface area (Å²) in [4.78, 5) is 25.2. The number of likely N-dealkylation sites (N-methyl/N-ethyl adjacent to an activating group) is 1. The topological polar surface area (TPSA) is 91.7 Å². The summed E-state index contributed by atoms with van der Waals surface area (Å²) >= 11 is 0. The summed E-state index contributed by atoms with van der Waals surface area (Å²) in [6.07, 6.45) is 0. The first kappa shape index (κ1) is 23.9. The van der Waals surface area contributed by atoms with Crippen molar-refractivity contribution in [3.8, 4) is 0 Å². The molecule has 0 atom stereocenters. The van der Waals surface area contributed by atoms with Crippen molar-refractivity contribution < 1.29 is 27.8 Å². The van der Waals surface area contributed by atoms with Gasteiger partial charge in [0.25, 0.3) is 0 Å². The van der Waals surface area contributed by atoms with Gasteiger partial charge in [0.2, 0.25) is 0 Å². The Morgan fingerprint density at radius 3 is 2.35 bits per heavy atom. The van der Waals surface area contributed by atoms with Gasteiger partial charge in [-0.05, 0) is 32.4 Å². The summed E-state index contributed by atoms with van der Waals surface area (Å²) in [7, 11) is 1.30. The lowest BCUT2D eigenvalue weighted by Crippen LogP contribution is -2.38. The molecule has 2 rings (SSSR count). The minimum Gasteiger partial charge on any atom is -0.456 e. The number of amides is 2. The largest absolute Gasteiger partial charge is 0.456 e. The lowest BCUT2D eigenvalue weighted by Gasteiger charge is -2.21. The van der Waals surface area contributed by atoms with Gasteiger partial charge in [-0.1, -0.05) is 30.3 Å². The Kier molecular flexibility index (Phi) is 7.82. The normalized spacial score (nSPS) is 11.0. The number of anilines is 1. The number of urea groups is 1. The van der Waals surface area contributed by atoms with Gasteiger partial charge in [0.15, 0.2) is 0 Å². The first-order valence-electron chi connectivity index (χ1n) is 9.44. The van der Waals surface area contributed by atoms with Crippen LogP contribution in [0.4, 0.5) is 19.3 Å². The van der Waals surface area contributed by atoms with Crippen LogP contribution in [-0.4, -0.2) is 42.0 Å². The Labute approximate surface area is 179 Å². The van der Waals surface area contributed by atoms with E-state index in [4.69, 9.17) is 14.9 Å². The maximum Gasteiger partial charge on any atom is 0.341 e. The Bertz CT molecular complexity index is 959. The highest BCUT2D eigenvalue weighted by Crippen LogP contribution is 2.22. The molecule has 0 spiro atoms. The van der Waals surface area contributed by atoms with Gasteiger partial charge in [0.1, 0.15) is 29.7 Å². The van der Waals surface area contributed by atoms with Crippen molar-refractivity contribution >= 4 is 23.5 Å². The minimum atomic E-state index is -1.05. The number of carbonyl (C=O) groups excluding carboxylic acids is 2. The van der Waals surface area contributed by atoms with E-state index in [1.807, 2.05) is 30.3 Å². The zero-order valence-corrected chi connectivity index (χ0v) is 17.8. The molecule has 0 bridgehead atoms. The van der Waals surface area contributed by atoms with Crippen LogP contribution in [0.2, 0.25) is 0 Å². The van der Waals surface area contributed by atoms with Crippen molar-refractivity contribution in [2.24, 2.45) is 0 Å². The molecule has 2 aromatic carbocycles. The van der Waals surface area contributed by atoms with Crippen LogP contribution in [-0.2, 0) is 16.1 Å². The number of hydrogen-bond donors (Lipinski definition) is 2. The SMILES string of the molecule is CN(C(=N)COCc1ccccc1)C(=O)Nc1cc(F)c(C(=O)OC(C)(C)C)cc1F. The van der Waals surface area contributed by atoms with Crippen LogP contribution in [0, 0.1) is 17.0 Å². The van der Waals surface area contributed by atoms with Crippen molar-refractivity contribution in [3.63, 3.8) is 0 Å². The third-order valence-electron chi connectivity index (χ3n) is 3.98. The van der Waals surface area contributed by atoms with Gasteiger partial charge in [-0.25, -0.2) is 18.4 Å². The number of nitrogens with zero attached hydrogens (tertiary/aromatic N) is 1. The highest BCUT2D eigenvalue weighted by molar-refractivity contribution is 6.02. The van der Waals surface area contributed by atoms with E-state index in [2.05, 4.69) is 5.32 Å². The molecule has 2 aromatic rings. The van der Waals surface area contributed by atoms with Gasteiger partial charge in [0.05, 0.1) is 17.9 Å². The molecule has 0 heterocycles. The fourth-order valence-corrected chi connectivity index (χ4v) is 2.39. The molecule has 2 N–H and O–H groups in total. The standard InChI is InChI=1S/C22H25F2N3O4/c1-22(2,3)31-20(28)15-10-17(24)18(11-16(15)23)26-21(29)27(4)19(25)13-30-12-14-8-6-5-7-9-14/h5-11,25H,12-13H2,1-4H3,(H,26,29). The second-order valence-electron chi connectivity index (χ2n) is 7.73. The van der Waals surface area contributed by atoms with E-state index in [0.29, 0.717) is 12.1 Å². The van der Waals surface area contributed by atoms with E-state index in [1.54, 1.807) is 20.8 Å². The number of esters is 1. The Hall–Kier alpha value is -3.33. The van der Waals surface area contributed by atoms with Gasteiger partial charge in [-0.3, -0.25) is 10.3 Å². The average molecular weight is 433 g/mol. The van der Waals surface area contributed by atoms with Gasteiger partial charge < -0.3 is 14.8 Å². The molecule has 0 radical (unpaired) electrons. The molecular formula is C22H25F2N3O4. The number of halogens is 2. The van der Waals surface area contributed by atoms with Crippen molar-refractivity contribution in [2.75, 3.05) is 19.0 Å². The Balaban J connectivity index is 1.98. The molecule has 9 heteroatoms. The second kappa shape index (κ2) is 10.1. The van der Waals surface area contributed by atoms with Gasteiger partial charge in [-0.15, -0.1) is 0 Å². The van der Waals surface area contributed by atoms with E-state index in [0.717, 1.165) is 10.5 Å². The minimum absolute atomic E-state index is 0.159. The fraction of sp³-hybridized carbons (Fsp3) is 0.318. The number of carbonyl (C=O) groups is 2. The van der Waals surface area contributed by atoms with Crippen molar-refractivity contribution in [1.82, 2.24) is 4.90 Å². The predicted molar refractivity (Wildman–Crippen MR) is 112 cm³/mol. The summed E-state index contributed by atoms with van der Waals surface area (Å²) in [5, 5.41) is 10.1. The molecule has 0 aliphatic carbocycles. The van der Waals surface area contributed by atoms with Crippen molar-refractivity contribution in [2.45, 2.75) is 33.0 Å². The van der Waals surface area contributed by atoms with Crippen LogP contribution in [0.3, 0.4) is 0 Å². The zero-order chi connectivity index (χ0) is 23.2. The highest BCUT2D eigenvalue weighted by atomic mass is 19.1. The van der Waals surface area contributed by atoms with Gasteiger partial charge in [-0.2, -0.15) is 0 Å². The molecule has 0 unspecified atom stereocenters. The van der Waals surface area contributed by atoms with Crippen LogP contribution in [0.1, 0.15) is 36.7 Å². The van der Waals surface area contributed by atoms with E-state index in [1.165, 1.54) is 7.05 Å². The van der Waals surface area contributed by atoms with Crippen LogP contribution in [0.5, 0.6) is 0 Å². The smallest absolute Gasteiger partial charge is 0.341 e. The van der Waals surface area contributed by atoms with E-state index >= 15 is 0 Å². The molecule has 166 valence electrons. The summed E-state index contributed by atoms with van der Waals surface area (Å²) in [5.41, 5.74) is -1.02. The summed E-state index contributed by atoms with van der Waals surface area (Å²) in [6, 6.07) is 9.78. The number of rotatable bonds is 6. The number of benzene rings is 2. The van der Waals surface area contributed by atoms with Crippen LogP contribution in [0.25, 0.3) is 0 Å². The molecule has 2 amide bonds. The Morgan fingerprint density at radius 2 is 1.74 bits per heavy atom. The van der Waals surface area contributed by atoms with Crippen LogP contribution < -0.4 is 5.32 Å². The van der Waals surface area contributed by atoms with Crippen molar-refractivity contribution in [1.29, 1.82) is 5.41 Å². The maximum absolute atomic E-state index is 14.4. The fourth-order valence-electron chi connectivity index (χ4n) is 2.39. The van der Waals surface area contributed by atoms with E-state index < -0.39 is 40.5 Å². The number of amidine groups is 1. The molecule has 31 heavy (non-hydrogen) atoms. The molecule has 7 nitrogen and oxygen atoms in total. The molecule has 0 fully saturated rings. The molecule has 0 aliphatic rings. The third kappa shape index (κ3) is 7.14. The lowest BCUT2D eigenvalue weighted by atomic mass is 10.1. The van der Waals surface area contributed by atoms with Crippen molar-refractivity contribution in [3.05, 3.63) is 65.2 Å². The van der Waals surface area contributed by atoms with Crippen LogP contribution >= 0.6 is 0 Å². The molecular weight excluding hydrogens is 408 g/mol. The third-order valence-corrected chi connectivity index (χ3v) is 3.98. The quantitative estimate of drug-likeness (QED) is 0.396. The molecule has 0 aromatic heterocycles. The number of hydrogen-bond acceptors (Lipinski definition) is 5. The average Bonchev–Trinajstić information content (AvgIpc) is 2.69. The molecule has 0 aliphatic heterocycles. The van der Waals surface area contributed by atoms with Gasteiger partial charge in [0, 0.05) is 13.1 Å². The Morgan fingerprint density at radius 1 is 1.10 bits per heavy atom. The maximum atomic E-state index is 14.4. The monoisotopic (exact) mass is 433 g/mol.